The number of aromatic nitrogens is 1. The smallest absolute Gasteiger partial charge is 0.361 e. The van der Waals surface area contributed by atoms with Gasteiger partial charge in [-0.25, -0.2) is 0 Å². The van der Waals surface area contributed by atoms with Crippen LogP contribution in [0.3, 0.4) is 0 Å². The lowest BCUT2D eigenvalue weighted by molar-refractivity contribution is -0.137. The van der Waals surface area contributed by atoms with Crippen LogP contribution in [0.1, 0.15) is 11.1 Å². The van der Waals surface area contributed by atoms with Crippen molar-refractivity contribution in [2.75, 3.05) is 11.9 Å². The number of fused-ring (bicyclic) bond motifs is 1. The number of hydrogen-bond donors (Lipinski definition) is 3. The van der Waals surface area contributed by atoms with Crippen molar-refractivity contribution < 1.29 is 22.8 Å². The summed E-state index contributed by atoms with van der Waals surface area (Å²) in [5, 5.41) is 5.50. The zero-order chi connectivity index (χ0) is 19.4. The van der Waals surface area contributed by atoms with E-state index in [-0.39, 0.29) is 12.1 Å². The molecular formula is C19H16F3N3O2. The van der Waals surface area contributed by atoms with Crippen molar-refractivity contribution in [2.24, 2.45) is 0 Å². The number of amides is 2. The predicted octanol–water partition coefficient (Wildman–Crippen LogP) is 3.48. The van der Waals surface area contributed by atoms with E-state index in [2.05, 4.69) is 15.6 Å². The van der Waals surface area contributed by atoms with Gasteiger partial charge in [-0.05, 0) is 23.8 Å². The normalized spacial score (nSPS) is 11.4. The highest BCUT2D eigenvalue weighted by Crippen LogP contribution is 2.34. The summed E-state index contributed by atoms with van der Waals surface area (Å²) >= 11 is 0. The van der Waals surface area contributed by atoms with Gasteiger partial charge in [-0.15, -0.1) is 0 Å². The maximum atomic E-state index is 12.9. The summed E-state index contributed by atoms with van der Waals surface area (Å²) in [6.45, 7) is -0.423. The van der Waals surface area contributed by atoms with Crippen LogP contribution in [0.4, 0.5) is 18.9 Å². The largest absolute Gasteiger partial charge is 0.418 e. The molecule has 0 aliphatic heterocycles. The lowest BCUT2D eigenvalue weighted by Gasteiger charge is -2.13. The summed E-state index contributed by atoms with van der Waals surface area (Å²) in [7, 11) is 0. The maximum Gasteiger partial charge on any atom is 0.418 e. The van der Waals surface area contributed by atoms with Crippen LogP contribution in [0.15, 0.2) is 54.7 Å². The lowest BCUT2D eigenvalue weighted by atomic mass is 10.1. The minimum Gasteiger partial charge on any atom is -0.361 e. The van der Waals surface area contributed by atoms with Crippen molar-refractivity contribution in [3.63, 3.8) is 0 Å². The average Bonchev–Trinajstić information content (AvgIpc) is 3.03. The lowest BCUT2D eigenvalue weighted by Crippen LogP contribution is -2.34. The third-order valence-electron chi connectivity index (χ3n) is 3.98. The van der Waals surface area contributed by atoms with Gasteiger partial charge in [0, 0.05) is 17.1 Å². The fourth-order valence-electron chi connectivity index (χ4n) is 2.73. The number of rotatable bonds is 5. The number of halogens is 3. The number of anilines is 1. The number of alkyl halides is 3. The SMILES string of the molecule is O=C(Cc1c[nH]c2ccccc12)NCC(=O)Nc1ccccc1C(F)(F)F. The Morgan fingerprint density at radius 1 is 0.963 bits per heavy atom. The molecule has 2 aromatic carbocycles. The molecule has 140 valence electrons. The summed E-state index contributed by atoms with van der Waals surface area (Å²) in [6.07, 6.45) is -2.82. The van der Waals surface area contributed by atoms with Gasteiger partial charge in [0.15, 0.2) is 0 Å². The summed E-state index contributed by atoms with van der Waals surface area (Å²) in [5.41, 5.74) is 0.372. The molecule has 3 aromatic rings. The molecule has 0 aliphatic rings. The molecule has 0 bridgehead atoms. The molecular weight excluding hydrogens is 359 g/mol. The Morgan fingerprint density at radius 2 is 1.67 bits per heavy atom. The number of carbonyl (C=O) groups is 2. The van der Waals surface area contributed by atoms with Crippen molar-refractivity contribution in [1.29, 1.82) is 0 Å². The highest BCUT2D eigenvalue weighted by Gasteiger charge is 2.33. The third kappa shape index (κ3) is 4.46. The van der Waals surface area contributed by atoms with E-state index in [1.807, 2.05) is 24.3 Å². The minimum absolute atomic E-state index is 0.0520. The third-order valence-corrected chi connectivity index (χ3v) is 3.98. The minimum atomic E-state index is -4.58. The van der Waals surface area contributed by atoms with Crippen LogP contribution in [0, 0.1) is 0 Å². The molecule has 1 heterocycles. The van der Waals surface area contributed by atoms with E-state index >= 15 is 0 Å². The molecule has 2 amide bonds. The van der Waals surface area contributed by atoms with Crippen LogP contribution in [0.2, 0.25) is 0 Å². The van der Waals surface area contributed by atoms with Crippen LogP contribution in [0.25, 0.3) is 10.9 Å². The Labute approximate surface area is 152 Å². The van der Waals surface area contributed by atoms with Gasteiger partial charge < -0.3 is 15.6 Å². The first-order valence-electron chi connectivity index (χ1n) is 8.12. The molecule has 3 N–H and O–H groups in total. The molecule has 0 saturated heterocycles. The second kappa shape index (κ2) is 7.53. The topological polar surface area (TPSA) is 74.0 Å². The van der Waals surface area contributed by atoms with Gasteiger partial charge in [0.25, 0.3) is 0 Å². The number of para-hydroxylation sites is 2. The fraction of sp³-hybridized carbons (Fsp3) is 0.158. The standard InChI is InChI=1S/C19H16F3N3O2/c20-19(21,22)14-6-2-4-8-16(14)25-18(27)11-24-17(26)9-12-10-23-15-7-3-1-5-13(12)15/h1-8,10,23H,9,11H2,(H,24,26)(H,25,27). The second-order valence-corrected chi connectivity index (χ2v) is 5.90. The zero-order valence-corrected chi connectivity index (χ0v) is 14.1. The van der Waals surface area contributed by atoms with Crippen molar-refractivity contribution >= 4 is 28.4 Å². The van der Waals surface area contributed by atoms with Crippen molar-refractivity contribution in [1.82, 2.24) is 10.3 Å². The van der Waals surface area contributed by atoms with Gasteiger partial charge in [0.1, 0.15) is 0 Å². The van der Waals surface area contributed by atoms with Gasteiger partial charge >= 0.3 is 6.18 Å². The number of aromatic amines is 1. The second-order valence-electron chi connectivity index (χ2n) is 5.90. The highest BCUT2D eigenvalue weighted by atomic mass is 19.4. The monoisotopic (exact) mass is 375 g/mol. The summed E-state index contributed by atoms with van der Waals surface area (Å²) in [4.78, 5) is 27.0. The molecule has 27 heavy (non-hydrogen) atoms. The molecule has 5 nitrogen and oxygen atoms in total. The zero-order valence-electron chi connectivity index (χ0n) is 14.1. The summed E-state index contributed by atoms with van der Waals surface area (Å²) in [5.74, 6) is -1.14. The number of carbonyl (C=O) groups excluding carboxylic acids is 2. The molecule has 3 rings (SSSR count). The van der Waals surface area contributed by atoms with Crippen LogP contribution < -0.4 is 10.6 Å². The van der Waals surface area contributed by atoms with E-state index in [1.54, 1.807) is 6.20 Å². The molecule has 0 spiro atoms. The van der Waals surface area contributed by atoms with E-state index in [0.29, 0.717) is 0 Å². The first-order valence-corrected chi connectivity index (χ1v) is 8.12. The average molecular weight is 375 g/mol. The number of hydrogen-bond acceptors (Lipinski definition) is 2. The van der Waals surface area contributed by atoms with Crippen molar-refractivity contribution in [2.45, 2.75) is 12.6 Å². The van der Waals surface area contributed by atoms with E-state index in [4.69, 9.17) is 0 Å². The van der Waals surface area contributed by atoms with Crippen molar-refractivity contribution in [3.8, 4) is 0 Å². The van der Waals surface area contributed by atoms with Crippen LogP contribution in [0.5, 0.6) is 0 Å². The Kier molecular flexibility index (Phi) is 5.16. The molecule has 0 atom stereocenters. The molecule has 0 radical (unpaired) electrons. The Bertz CT molecular complexity index is 979. The van der Waals surface area contributed by atoms with Gasteiger partial charge in [-0.3, -0.25) is 9.59 Å². The van der Waals surface area contributed by atoms with E-state index in [1.165, 1.54) is 12.1 Å². The first kappa shape index (κ1) is 18.5. The molecule has 0 aliphatic carbocycles. The number of nitrogens with one attached hydrogen (secondary N) is 3. The van der Waals surface area contributed by atoms with Crippen LogP contribution in [-0.4, -0.2) is 23.3 Å². The Hall–Kier alpha value is -3.29. The van der Waals surface area contributed by atoms with Gasteiger partial charge in [0.2, 0.25) is 11.8 Å². The molecule has 8 heteroatoms. The summed E-state index contributed by atoms with van der Waals surface area (Å²) < 4.78 is 38.8. The van der Waals surface area contributed by atoms with Gasteiger partial charge in [0.05, 0.1) is 24.2 Å². The molecule has 0 saturated carbocycles. The van der Waals surface area contributed by atoms with E-state index in [0.717, 1.165) is 28.6 Å². The number of benzene rings is 2. The summed E-state index contributed by atoms with van der Waals surface area (Å²) in [6, 6.07) is 12.1. The Balaban J connectivity index is 1.57. The molecule has 0 fully saturated rings. The van der Waals surface area contributed by atoms with Crippen LogP contribution >= 0.6 is 0 Å². The molecule has 0 unspecified atom stereocenters. The van der Waals surface area contributed by atoms with Gasteiger partial charge in [-0.2, -0.15) is 13.2 Å². The van der Waals surface area contributed by atoms with Crippen molar-refractivity contribution in [3.05, 3.63) is 65.9 Å². The predicted molar refractivity (Wildman–Crippen MR) is 95.1 cm³/mol. The van der Waals surface area contributed by atoms with Gasteiger partial charge in [-0.1, -0.05) is 30.3 Å². The maximum absolute atomic E-state index is 12.9. The Morgan fingerprint density at radius 3 is 2.44 bits per heavy atom. The van der Waals surface area contributed by atoms with E-state index in [9.17, 15) is 22.8 Å². The first-order chi connectivity index (χ1) is 12.8. The fourth-order valence-corrected chi connectivity index (χ4v) is 2.73. The van der Waals surface area contributed by atoms with Crippen LogP contribution in [-0.2, 0) is 22.2 Å². The quantitative estimate of drug-likeness (QED) is 0.639. The molecule has 1 aromatic heterocycles. The number of H-pyrrole nitrogens is 1. The highest BCUT2D eigenvalue weighted by molar-refractivity contribution is 5.96. The van der Waals surface area contributed by atoms with E-state index < -0.39 is 30.1 Å².